The van der Waals surface area contributed by atoms with Gasteiger partial charge in [-0.1, -0.05) is 18.2 Å². The fraction of sp³-hybridized carbons (Fsp3) is 0.118. The van der Waals surface area contributed by atoms with Crippen LogP contribution in [0.4, 0.5) is 4.39 Å². The van der Waals surface area contributed by atoms with Crippen LogP contribution in [-0.4, -0.2) is 5.91 Å². The zero-order valence-corrected chi connectivity index (χ0v) is 12.7. The van der Waals surface area contributed by atoms with Crippen LogP contribution in [0.2, 0.25) is 0 Å². The molecule has 5 heteroatoms. The molecule has 3 rings (SSSR count). The minimum absolute atomic E-state index is 0.102. The van der Waals surface area contributed by atoms with Crippen LogP contribution in [0.25, 0.3) is 11.3 Å². The average molecular weight is 315 g/mol. The molecule has 1 amide bonds. The predicted octanol–water partition coefficient (Wildman–Crippen LogP) is 4.64. The Morgan fingerprint density at radius 1 is 1.18 bits per heavy atom. The highest BCUT2D eigenvalue weighted by Gasteiger charge is 2.17. The molecule has 0 aliphatic rings. The van der Waals surface area contributed by atoms with Gasteiger partial charge in [0, 0.05) is 4.88 Å². The number of halogens is 1. The summed E-state index contributed by atoms with van der Waals surface area (Å²) < 4.78 is 19.2. The molecule has 0 fully saturated rings. The molecule has 0 saturated carbocycles. The second kappa shape index (κ2) is 6.15. The Bertz CT molecular complexity index is 780. The quantitative estimate of drug-likeness (QED) is 0.762. The first-order chi connectivity index (χ1) is 10.6. The normalized spacial score (nSPS) is 12.1. The van der Waals surface area contributed by atoms with Crippen molar-refractivity contribution >= 4 is 17.2 Å². The van der Waals surface area contributed by atoms with Gasteiger partial charge in [-0.15, -0.1) is 11.3 Å². The molecule has 0 unspecified atom stereocenters. The lowest BCUT2D eigenvalue weighted by molar-refractivity contribution is 0.0913. The summed E-state index contributed by atoms with van der Waals surface area (Å²) in [6.07, 6.45) is 0. The molecule has 1 N–H and O–H groups in total. The Labute approximate surface area is 131 Å². The second-order valence-electron chi connectivity index (χ2n) is 4.85. The van der Waals surface area contributed by atoms with Crippen LogP contribution < -0.4 is 5.32 Å². The van der Waals surface area contributed by atoms with Gasteiger partial charge in [0.25, 0.3) is 5.91 Å². The Balaban J connectivity index is 1.76. The standard InChI is InChI=1S/C17H14FNO2S/c1-11(16-7-4-10-22-16)19-17(20)15-9-8-14(21-15)12-5-2-3-6-13(12)18/h2-11H,1H3,(H,19,20)/t11-/m0/s1. The van der Waals surface area contributed by atoms with Crippen molar-refractivity contribution in [2.45, 2.75) is 13.0 Å². The first-order valence-electron chi connectivity index (χ1n) is 6.84. The number of carbonyl (C=O) groups excluding carboxylic acids is 1. The molecule has 0 bridgehead atoms. The van der Waals surface area contributed by atoms with E-state index in [0.717, 1.165) is 4.88 Å². The van der Waals surface area contributed by atoms with Crippen LogP contribution >= 0.6 is 11.3 Å². The third-order valence-electron chi connectivity index (χ3n) is 3.29. The summed E-state index contributed by atoms with van der Waals surface area (Å²) in [5.74, 6) is -0.187. The van der Waals surface area contributed by atoms with E-state index in [9.17, 15) is 9.18 Å². The molecule has 0 aliphatic heterocycles. The van der Waals surface area contributed by atoms with Crippen molar-refractivity contribution in [1.82, 2.24) is 5.32 Å². The van der Waals surface area contributed by atoms with Crippen LogP contribution in [-0.2, 0) is 0 Å². The summed E-state index contributed by atoms with van der Waals surface area (Å²) in [6, 6.07) is 13.3. The smallest absolute Gasteiger partial charge is 0.287 e. The molecule has 1 aromatic carbocycles. The maximum absolute atomic E-state index is 13.7. The van der Waals surface area contributed by atoms with Gasteiger partial charge in [-0.3, -0.25) is 4.79 Å². The predicted molar refractivity (Wildman–Crippen MR) is 84.3 cm³/mol. The summed E-state index contributed by atoms with van der Waals surface area (Å²) in [5.41, 5.74) is 0.341. The van der Waals surface area contributed by atoms with Gasteiger partial charge in [-0.05, 0) is 42.6 Å². The highest BCUT2D eigenvalue weighted by atomic mass is 32.1. The zero-order chi connectivity index (χ0) is 15.5. The highest BCUT2D eigenvalue weighted by Crippen LogP contribution is 2.25. The number of hydrogen-bond acceptors (Lipinski definition) is 3. The van der Waals surface area contributed by atoms with Crippen molar-refractivity contribution in [2.24, 2.45) is 0 Å². The summed E-state index contributed by atoms with van der Waals surface area (Å²) >= 11 is 1.58. The first-order valence-corrected chi connectivity index (χ1v) is 7.72. The van der Waals surface area contributed by atoms with Gasteiger partial charge in [0.15, 0.2) is 5.76 Å². The molecule has 2 aromatic heterocycles. The molecular weight excluding hydrogens is 301 g/mol. The molecule has 0 radical (unpaired) electrons. The fourth-order valence-corrected chi connectivity index (χ4v) is 2.88. The molecule has 22 heavy (non-hydrogen) atoms. The van der Waals surface area contributed by atoms with E-state index in [4.69, 9.17) is 4.42 Å². The monoisotopic (exact) mass is 315 g/mol. The van der Waals surface area contributed by atoms with Crippen molar-refractivity contribution in [1.29, 1.82) is 0 Å². The SMILES string of the molecule is C[C@H](NC(=O)c1ccc(-c2ccccc2F)o1)c1cccs1. The summed E-state index contributed by atoms with van der Waals surface area (Å²) in [5, 5.41) is 4.82. The Morgan fingerprint density at radius 2 is 2.00 bits per heavy atom. The van der Waals surface area contributed by atoms with E-state index in [1.165, 1.54) is 6.07 Å². The molecule has 1 atom stereocenters. The fourth-order valence-electron chi connectivity index (χ4n) is 2.14. The van der Waals surface area contributed by atoms with Gasteiger partial charge in [0.2, 0.25) is 0 Å². The van der Waals surface area contributed by atoms with E-state index in [1.807, 2.05) is 24.4 Å². The second-order valence-corrected chi connectivity index (χ2v) is 5.83. The third-order valence-corrected chi connectivity index (χ3v) is 4.34. The molecule has 112 valence electrons. The van der Waals surface area contributed by atoms with Gasteiger partial charge in [0.1, 0.15) is 11.6 Å². The third kappa shape index (κ3) is 2.94. The van der Waals surface area contributed by atoms with E-state index in [0.29, 0.717) is 11.3 Å². The van der Waals surface area contributed by atoms with Gasteiger partial charge >= 0.3 is 0 Å². The van der Waals surface area contributed by atoms with Crippen molar-refractivity contribution in [2.75, 3.05) is 0 Å². The minimum atomic E-state index is -0.379. The van der Waals surface area contributed by atoms with Crippen molar-refractivity contribution in [3.63, 3.8) is 0 Å². The van der Waals surface area contributed by atoms with Crippen LogP contribution in [0.5, 0.6) is 0 Å². The highest BCUT2D eigenvalue weighted by molar-refractivity contribution is 7.10. The number of amides is 1. The van der Waals surface area contributed by atoms with E-state index in [-0.39, 0.29) is 23.5 Å². The zero-order valence-electron chi connectivity index (χ0n) is 11.9. The molecular formula is C17H14FNO2S. The van der Waals surface area contributed by atoms with Crippen molar-refractivity contribution < 1.29 is 13.6 Å². The van der Waals surface area contributed by atoms with Gasteiger partial charge in [0.05, 0.1) is 11.6 Å². The van der Waals surface area contributed by atoms with E-state index < -0.39 is 0 Å². The number of benzene rings is 1. The molecule has 2 heterocycles. The number of hydrogen-bond donors (Lipinski definition) is 1. The number of rotatable bonds is 4. The topological polar surface area (TPSA) is 42.2 Å². The average Bonchev–Trinajstić information content (AvgIpc) is 3.19. The lowest BCUT2D eigenvalue weighted by atomic mass is 10.1. The van der Waals surface area contributed by atoms with Crippen molar-refractivity contribution in [3.8, 4) is 11.3 Å². The van der Waals surface area contributed by atoms with Crippen LogP contribution in [0, 0.1) is 5.82 Å². The molecule has 0 aliphatic carbocycles. The van der Waals surface area contributed by atoms with Crippen LogP contribution in [0.3, 0.4) is 0 Å². The van der Waals surface area contributed by atoms with Gasteiger partial charge in [-0.2, -0.15) is 0 Å². The lowest BCUT2D eigenvalue weighted by Crippen LogP contribution is -2.25. The maximum Gasteiger partial charge on any atom is 0.287 e. The van der Waals surface area contributed by atoms with Gasteiger partial charge < -0.3 is 9.73 Å². The maximum atomic E-state index is 13.7. The van der Waals surface area contributed by atoms with E-state index in [1.54, 1.807) is 41.7 Å². The molecule has 0 saturated heterocycles. The summed E-state index contributed by atoms with van der Waals surface area (Å²) in [7, 11) is 0. The molecule has 3 nitrogen and oxygen atoms in total. The Hall–Kier alpha value is -2.40. The number of furan rings is 1. The molecule has 0 spiro atoms. The van der Waals surface area contributed by atoms with Gasteiger partial charge in [-0.25, -0.2) is 4.39 Å². The Kier molecular flexibility index (Phi) is 4.06. The van der Waals surface area contributed by atoms with Crippen LogP contribution in [0.15, 0.2) is 58.3 Å². The van der Waals surface area contributed by atoms with Crippen LogP contribution in [0.1, 0.15) is 28.4 Å². The minimum Gasteiger partial charge on any atom is -0.451 e. The number of carbonyl (C=O) groups is 1. The summed E-state index contributed by atoms with van der Waals surface area (Å²) in [6.45, 7) is 1.91. The first kappa shape index (κ1) is 14.5. The van der Waals surface area contributed by atoms with E-state index in [2.05, 4.69) is 5.32 Å². The van der Waals surface area contributed by atoms with E-state index >= 15 is 0 Å². The largest absolute Gasteiger partial charge is 0.451 e. The summed E-state index contributed by atoms with van der Waals surface area (Å²) in [4.78, 5) is 13.2. The Morgan fingerprint density at radius 3 is 2.73 bits per heavy atom. The van der Waals surface area contributed by atoms with Crippen molar-refractivity contribution in [3.05, 3.63) is 70.4 Å². The number of nitrogens with one attached hydrogen (secondary N) is 1. The lowest BCUT2D eigenvalue weighted by Gasteiger charge is -2.10. The number of thiophene rings is 1. The molecule has 3 aromatic rings.